The van der Waals surface area contributed by atoms with Crippen LogP contribution in [0, 0.1) is 0 Å². The molecule has 1 aromatic heterocycles. The molecule has 9 heteroatoms. The zero-order valence-corrected chi connectivity index (χ0v) is 14.7. The summed E-state index contributed by atoms with van der Waals surface area (Å²) in [5.74, 6) is -0.992. The first kappa shape index (κ1) is 19.7. The van der Waals surface area contributed by atoms with Crippen molar-refractivity contribution in [1.29, 1.82) is 0 Å². The average molecular weight is 393 g/mol. The average Bonchev–Trinajstić information content (AvgIpc) is 2.68. The highest BCUT2D eigenvalue weighted by Gasteiger charge is 2.31. The molecule has 2 aromatic rings. The van der Waals surface area contributed by atoms with Crippen LogP contribution in [0.5, 0.6) is 0 Å². The van der Waals surface area contributed by atoms with Crippen molar-refractivity contribution in [3.63, 3.8) is 0 Å². The molecule has 1 saturated heterocycles. The van der Waals surface area contributed by atoms with Gasteiger partial charge in [0.25, 0.3) is 5.91 Å². The zero-order valence-electron chi connectivity index (χ0n) is 14.7. The first-order valence-corrected chi connectivity index (χ1v) is 8.66. The largest absolute Gasteiger partial charge is 0.478 e. The number of alkyl halides is 3. The predicted octanol–water partition coefficient (Wildman–Crippen LogP) is 3.20. The number of piperidine rings is 1. The van der Waals surface area contributed by atoms with Gasteiger partial charge < -0.3 is 15.3 Å². The van der Waals surface area contributed by atoms with Crippen LogP contribution in [-0.4, -0.2) is 41.1 Å². The van der Waals surface area contributed by atoms with E-state index in [1.807, 2.05) is 4.90 Å². The van der Waals surface area contributed by atoms with E-state index in [0.29, 0.717) is 31.7 Å². The number of halogens is 3. The summed E-state index contributed by atoms with van der Waals surface area (Å²) in [5.41, 5.74) is -0.482. The lowest BCUT2D eigenvalue weighted by atomic mass is 10.0. The SMILES string of the molecule is O=C(O)c1cccc(C(=O)NC2CCN(c3ccc(C(F)(F)F)cn3)CC2)c1. The Hall–Kier alpha value is -3.10. The monoisotopic (exact) mass is 393 g/mol. The number of rotatable bonds is 4. The smallest absolute Gasteiger partial charge is 0.417 e. The maximum Gasteiger partial charge on any atom is 0.417 e. The molecule has 1 aliphatic heterocycles. The fourth-order valence-electron chi connectivity index (χ4n) is 3.06. The molecule has 3 rings (SSSR count). The lowest BCUT2D eigenvalue weighted by Gasteiger charge is -2.33. The highest BCUT2D eigenvalue weighted by atomic mass is 19.4. The first-order valence-electron chi connectivity index (χ1n) is 8.66. The molecule has 0 aliphatic carbocycles. The van der Waals surface area contributed by atoms with Gasteiger partial charge in [0.05, 0.1) is 11.1 Å². The lowest BCUT2D eigenvalue weighted by Crippen LogP contribution is -2.45. The van der Waals surface area contributed by atoms with Crippen LogP contribution in [0.4, 0.5) is 19.0 Å². The second-order valence-electron chi connectivity index (χ2n) is 6.52. The molecule has 0 saturated carbocycles. The number of carboxylic acids is 1. The minimum absolute atomic E-state index is 0.0378. The van der Waals surface area contributed by atoms with E-state index in [2.05, 4.69) is 10.3 Å². The third-order valence-corrected chi connectivity index (χ3v) is 4.60. The Balaban J connectivity index is 1.56. The van der Waals surface area contributed by atoms with Crippen LogP contribution in [0.15, 0.2) is 42.6 Å². The molecule has 1 fully saturated rings. The third-order valence-electron chi connectivity index (χ3n) is 4.60. The second-order valence-corrected chi connectivity index (χ2v) is 6.52. The quantitative estimate of drug-likeness (QED) is 0.834. The minimum Gasteiger partial charge on any atom is -0.478 e. The Morgan fingerprint density at radius 1 is 1.11 bits per heavy atom. The van der Waals surface area contributed by atoms with Crippen LogP contribution in [0.3, 0.4) is 0 Å². The number of benzene rings is 1. The Morgan fingerprint density at radius 2 is 1.79 bits per heavy atom. The van der Waals surface area contributed by atoms with Gasteiger partial charge in [-0.05, 0) is 43.2 Å². The number of hydrogen-bond donors (Lipinski definition) is 2. The Bertz CT molecular complexity index is 861. The summed E-state index contributed by atoms with van der Waals surface area (Å²) in [6.07, 6.45) is -2.39. The molecule has 0 unspecified atom stereocenters. The van der Waals surface area contributed by atoms with E-state index in [1.165, 1.54) is 24.3 Å². The molecule has 0 radical (unpaired) electrons. The predicted molar refractivity (Wildman–Crippen MR) is 95.3 cm³/mol. The highest BCUT2D eigenvalue weighted by Crippen LogP contribution is 2.29. The summed E-state index contributed by atoms with van der Waals surface area (Å²) in [6.45, 7) is 1.08. The van der Waals surface area contributed by atoms with Crippen molar-refractivity contribution in [1.82, 2.24) is 10.3 Å². The van der Waals surface area contributed by atoms with E-state index in [-0.39, 0.29) is 23.1 Å². The van der Waals surface area contributed by atoms with Gasteiger partial charge in [-0.1, -0.05) is 6.07 Å². The Morgan fingerprint density at radius 3 is 2.36 bits per heavy atom. The molecule has 1 aliphatic rings. The first-order chi connectivity index (χ1) is 13.2. The van der Waals surface area contributed by atoms with Crippen LogP contribution in [-0.2, 0) is 6.18 Å². The summed E-state index contributed by atoms with van der Waals surface area (Å²) >= 11 is 0. The highest BCUT2D eigenvalue weighted by molar-refractivity contribution is 5.97. The van der Waals surface area contributed by atoms with Gasteiger partial charge >= 0.3 is 12.1 Å². The number of anilines is 1. The van der Waals surface area contributed by atoms with E-state index >= 15 is 0 Å². The zero-order chi connectivity index (χ0) is 20.3. The van der Waals surface area contributed by atoms with Gasteiger partial charge in [0.1, 0.15) is 5.82 Å². The van der Waals surface area contributed by atoms with Crippen LogP contribution in [0.1, 0.15) is 39.1 Å². The molecule has 148 valence electrons. The summed E-state index contributed by atoms with van der Waals surface area (Å²) in [7, 11) is 0. The second kappa shape index (κ2) is 7.87. The molecule has 6 nitrogen and oxygen atoms in total. The number of amides is 1. The van der Waals surface area contributed by atoms with E-state index < -0.39 is 17.7 Å². The number of carbonyl (C=O) groups excluding carboxylic acids is 1. The molecule has 0 bridgehead atoms. The number of aromatic nitrogens is 1. The van der Waals surface area contributed by atoms with Crippen LogP contribution in [0.25, 0.3) is 0 Å². The summed E-state index contributed by atoms with van der Waals surface area (Å²) < 4.78 is 37.9. The fourth-order valence-corrected chi connectivity index (χ4v) is 3.06. The van der Waals surface area contributed by atoms with E-state index in [9.17, 15) is 22.8 Å². The number of nitrogens with zero attached hydrogens (tertiary/aromatic N) is 2. The molecule has 0 atom stereocenters. The van der Waals surface area contributed by atoms with Crippen LogP contribution < -0.4 is 10.2 Å². The molecule has 2 N–H and O–H groups in total. The topological polar surface area (TPSA) is 82.5 Å². The van der Waals surface area contributed by atoms with Gasteiger partial charge in [0.15, 0.2) is 0 Å². The van der Waals surface area contributed by atoms with Gasteiger partial charge in [0.2, 0.25) is 0 Å². The Kier molecular flexibility index (Phi) is 5.53. The van der Waals surface area contributed by atoms with Crippen molar-refractivity contribution in [3.8, 4) is 0 Å². The van der Waals surface area contributed by atoms with Gasteiger partial charge in [-0.3, -0.25) is 4.79 Å². The Labute approximate surface area is 159 Å². The van der Waals surface area contributed by atoms with Crippen LogP contribution in [0.2, 0.25) is 0 Å². The molecule has 28 heavy (non-hydrogen) atoms. The van der Waals surface area contributed by atoms with Crippen LogP contribution >= 0.6 is 0 Å². The van der Waals surface area contributed by atoms with Crippen molar-refractivity contribution in [2.75, 3.05) is 18.0 Å². The van der Waals surface area contributed by atoms with Gasteiger partial charge in [-0.2, -0.15) is 13.2 Å². The van der Waals surface area contributed by atoms with E-state index in [1.54, 1.807) is 6.07 Å². The van der Waals surface area contributed by atoms with Crippen molar-refractivity contribution >= 4 is 17.7 Å². The minimum atomic E-state index is -4.42. The van der Waals surface area contributed by atoms with Gasteiger partial charge in [0, 0.05) is 30.9 Å². The summed E-state index contributed by atoms with van der Waals surface area (Å²) in [5, 5.41) is 11.9. The molecular formula is C19H18F3N3O3. The summed E-state index contributed by atoms with van der Waals surface area (Å²) in [4.78, 5) is 29.1. The van der Waals surface area contributed by atoms with Crippen molar-refractivity contribution in [3.05, 3.63) is 59.3 Å². The number of carbonyl (C=O) groups is 2. The number of pyridine rings is 1. The maximum atomic E-state index is 12.6. The number of aromatic carboxylic acids is 1. The van der Waals surface area contributed by atoms with Crippen molar-refractivity contribution < 1.29 is 27.9 Å². The number of carboxylic acid groups (broad SMARTS) is 1. The normalized spacial score (nSPS) is 15.3. The molecule has 1 amide bonds. The fraction of sp³-hybridized carbons (Fsp3) is 0.316. The molecule has 0 spiro atoms. The number of hydrogen-bond acceptors (Lipinski definition) is 4. The number of nitrogens with one attached hydrogen (secondary N) is 1. The standard InChI is InChI=1S/C19H18F3N3O3/c20-19(21,22)14-4-5-16(23-11-14)25-8-6-15(7-9-25)24-17(26)12-2-1-3-13(10-12)18(27)28/h1-5,10-11,15H,6-9H2,(H,24,26)(H,27,28). The molecular weight excluding hydrogens is 375 g/mol. The maximum absolute atomic E-state index is 12.6. The lowest BCUT2D eigenvalue weighted by molar-refractivity contribution is -0.137. The third kappa shape index (κ3) is 4.59. The molecule has 1 aromatic carbocycles. The van der Waals surface area contributed by atoms with E-state index in [0.717, 1.165) is 12.3 Å². The summed E-state index contributed by atoms with van der Waals surface area (Å²) in [6, 6.07) is 8.03. The van der Waals surface area contributed by atoms with Gasteiger partial charge in [-0.15, -0.1) is 0 Å². The van der Waals surface area contributed by atoms with Crippen molar-refractivity contribution in [2.24, 2.45) is 0 Å². The van der Waals surface area contributed by atoms with Crippen molar-refractivity contribution in [2.45, 2.75) is 25.1 Å². The van der Waals surface area contributed by atoms with E-state index in [4.69, 9.17) is 5.11 Å². The molecule has 2 heterocycles. The van der Waals surface area contributed by atoms with Gasteiger partial charge in [-0.25, -0.2) is 9.78 Å².